The van der Waals surface area contributed by atoms with Crippen LogP contribution >= 0.6 is 11.3 Å². The Bertz CT molecular complexity index is 592. The van der Waals surface area contributed by atoms with Gasteiger partial charge in [0.15, 0.2) is 0 Å². The molecule has 0 bridgehead atoms. The molecule has 0 atom stereocenters. The first-order chi connectivity index (χ1) is 8.69. The summed E-state index contributed by atoms with van der Waals surface area (Å²) < 4.78 is 3.39. The molecule has 0 radical (unpaired) electrons. The second-order valence-corrected chi connectivity index (χ2v) is 6.32. The van der Waals surface area contributed by atoms with Gasteiger partial charge in [0.05, 0.1) is 10.2 Å². The molecule has 1 aliphatic carbocycles. The minimum atomic E-state index is 0.0898. The van der Waals surface area contributed by atoms with Crippen molar-refractivity contribution in [3.05, 3.63) is 22.7 Å². The Labute approximate surface area is 111 Å². The SMILES string of the molecule is CCCn1c(C(=O)NC2CC2)cc2sc(C)cc21. The van der Waals surface area contributed by atoms with E-state index in [9.17, 15) is 4.79 Å². The molecule has 1 amide bonds. The van der Waals surface area contributed by atoms with E-state index in [0.717, 1.165) is 31.5 Å². The van der Waals surface area contributed by atoms with Crippen LogP contribution < -0.4 is 5.32 Å². The lowest BCUT2D eigenvalue weighted by molar-refractivity contribution is 0.0942. The summed E-state index contributed by atoms with van der Waals surface area (Å²) in [4.78, 5) is 13.5. The zero-order valence-corrected chi connectivity index (χ0v) is 11.6. The van der Waals surface area contributed by atoms with Crippen molar-refractivity contribution in [1.29, 1.82) is 0 Å². The van der Waals surface area contributed by atoms with Gasteiger partial charge < -0.3 is 9.88 Å². The van der Waals surface area contributed by atoms with Gasteiger partial charge in [0.1, 0.15) is 5.69 Å². The number of rotatable bonds is 4. The van der Waals surface area contributed by atoms with Gasteiger partial charge in [-0.25, -0.2) is 0 Å². The number of hydrogen-bond acceptors (Lipinski definition) is 2. The third-order valence-electron chi connectivity index (χ3n) is 3.31. The van der Waals surface area contributed by atoms with E-state index in [4.69, 9.17) is 0 Å². The average molecular weight is 262 g/mol. The minimum Gasteiger partial charge on any atom is -0.348 e. The van der Waals surface area contributed by atoms with Crippen LogP contribution in [0.5, 0.6) is 0 Å². The number of carbonyl (C=O) groups is 1. The van der Waals surface area contributed by atoms with Gasteiger partial charge in [-0.15, -0.1) is 11.3 Å². The standard InChI is InChI=1S/C14H18N2OS/c1-3-6-16-11-7-9(2)18-13(11)8-12(16)14(17)15-10-4-5-10/h7-8,10H,3-6H2,1-2H3,(H,15,17). The number of thiophene rings is 1. The molecule has 0 aromatic carbocycles. The molecular weight excluding hydrogens is 244 g/mol. The number of aryl methyl sites for hydroxylation is 2. The molecule has 2 aromatic heterocycles. The minimum absolute atomic E-state index is 0.0898. The predicted molar refractivity (Wildman–Crippen MR) is 75.3 cm³/mol. The van der Waals surface area contributed by atoms with Crippen LogP contribution in [0.15, 0.2) is 12.1 Å². The van der Waals surface area contributed by atoms with Gasteiger partial charge in [0, 0.05) is 17.5 Å². The first kappa shape index (κ1) is 11.8. The molecule has 2 heterocycles. The zero-order valence-electron chi connectivity index (χ0n) is 10.8. The van der Waals surface area contributed by atoms with Crippen molar-refractivity contribution >= 4 is 27.5 Å². The summed E-state index contributed by atoms with van der Waals surface area (Å²) in [5.74, 6) is 0.0898. The Morgan fingerprint density at radius 1 is 1.50 bits per heavy atom. The van der Waals surface area contributed by atoms with Crippen LogP contribution in [-0.4, -0.2) is 16.5 Å². The fourth-order valence-electron chi connectivity index (χ4n) is 2.30. The van der Waals surface area contributed by atoms with Crippen LogP contribution in [0.1, 0.15) is 41.6 Å². The van der Waals surface area contributed by atoms with E-state index in [1.54, 1.807) is 11.3 Å². The summed E-state index contributed by atoms with van der Waals surface area (Å²) in [6, 6.07) is 4.64. The number of nitrogens with one attached hydrogen (secondary N) is 1. The van der Waals surface area contributed by atoms with Gasteiger partial charge in [-0.3, -0.25) is 4.79 Å². The zero-order chi connectivity index (χ0) is 12.7. The molecule has 3 nitrogen and oxygen atoms in total. The van der Waals surface area contributed by atoms with E-state index in [1.165, 1.54) is 15.1 Å². The lowest BCUT2D eigenvalue weighted by Gasteiger charge is -2.09. The molecule has 1 fully saturated rings. The maximum absolute atomic E-state index is 12.2. The highest BCUT2D eigenvalue weighted by Gasteiger charge is 2.25. The normalized spacial score (nSPS) is 15.2. The Kier molecular flexibility index (Phi) is 2.90. The van der Waals surface area contributed by atoms with Gasteiger partial charge in [-0.2, -0.15) is 0 Å². The molecule has 96 valence electrons. The number of aromatic nitrogens is 1. The Balaban J connectivity index is 2.00. The molecule has 1 saturated carbocycles. The Morgan fingerprint density at radius 2 is 2.28 bits per heavy atom. The molecule has 4 heteroatoms. The quantitative estimate of drug-likeness (QED) is 0.901. The van der Waals surface area contributed by atoms with Gasteiger partial charge in [-0.05, 0) is 38.3 Å². The Morgan fingerprint density at radius 3 is 2.94 bits per heavy atom. The van der Waals surface area contributed by atoms with Crippen LogP contribution in [0.4, 0.5) is 0 Å². The van der Waals surface area contributed by atoms with Crippen molar-refractivity contribution in [3.63, 3.8) is 0 Å². The summed E-state index contributed by atoms with van der Waals surface area (Å²) >= 11 is 1.76. The number of fused-ring (bicyclic) bond motifs is 1. The molecule has 0 aliphatic heterocycles. The second-order valence-electron chi connectivity index (χ2n) is 5.04. The van der Waals surface area contributed by atoms with E-state index >= 15 is 0 Å². The molecule has 1 N–H and O–H groups in total. The third kappa shape index (κ3) is 2.05. The monoisotopic (exact) mass is 262 g/mol. The maximum Gasteiger partial charge on any atom is 0.268 e. The van der Waals surface area contributed by atoms with Crippen molar-refractivity contribution in [2.75, 3.05) is 0 Å². The summed E-state index contributed by atoms with van der Waals surface area (Å²) in [5.41, 5.74) is 2.03. The first-order valence-electron chi connectivity index (χ1n) is 6.59. The van der Waals surface area contributed by atoms with Gasteiger partial charge >= 0.3 is 0 Å². The maximum atomic E-state index is 12.2. The molecule has 2 aromatic rings. The Hall–Kier alpha value is -1.29. The highest BCUT2D eigenvalue weighted by molar-refractivity contribution is 7.19. The number of amides is 1. The number of nitrogens with zero attached hydrogens (tertiary/aromatic N) is 1. The van der Waals surface area contributed by atoms with Crippen LogP contribution in [-0.2, 0) is 6.54 Å². The van der Waals surface area contributed by atoms with Crippen molar-refractivity contribution in [1.82, 2.24) is 9.88 Å². The van der Waals surface area contributed by atoms with E-state index < -0.39 is 0 Å². The molecule has 0 spiro atoms. The number of carbonyl (C=O) groups excluding carboxylic acids is 1. The summed E-state index contributed by atoms with van der Waals surface area (Å²) in [6.07, 6.45) is 3.31. The van der Waals surface area contributed by atoms with Crippen molar-refractivity contribution in [2.24, 2.45) is 0 Å². The van der Waals surface area contributed by atoms with Gasteiger partial charge in [0.25, 0.3) is 5.91 Å². The molecule has 1 aliphatic rings. The molecular formula is C14H18N2OS. The smallest absolute Gasteiger partial charge is 0.268 e. The molecule has 0 saturated heterocycles. The van der Waals surface area contributed by atoms with Crippen molar-refractivity contribution in [3.8, 4) is 0 Å². The van der Waals surface area contributed by atoms with E-state index in [1.807, 2.05) is 6.07 Å². The summed E-state index contributed by atoms with van der Waals surface area (Å²) in [7, 11) is 0. The van der Waals surface area contributed by atoms with Gasteiger partial charge in [0.2, 0.25) is 0 Å². The van der Waals surface area contributed by atoms with Crippen LogP contribution in [0.2, 0.25) is 0 Å². The molecule has 18 heavy (non-hydrogen) atoms. The average Bonchev–Trinajstić information content (AvgIpc) is 2.97. The highest BCUT2D eigenvalue weighted by atomic mass is 32.1. The lowest BCUT2D eigenvalue weighted by atomic mass is 10.3. The summed E-state index contributed by atoms with van der Waals surface area (Å²) in [6.45, 7) is 5.17. The fraction of sp³-hybridized carbons (Fsp3) is 0.500. The second kappa shape index (κ2) is 4.43. The van der Waals surface area contributed by atoms with Crippen LogP contribution in [0, 0.1) is 6.92 Å². The first-order valence-corrected chi connectivity index (χ1v) is 7.41. The lowest BCUT2D eigenvalue weighted by Crippen LogP contribution is -2.27. The third-order valence-corrected chi connectivity index (χ3v) is 4.29. The highest BCUT2D eigenvalue weighted by Crippen LogP contribution is 2.29. The van der Waals surface area contributed by atoms with E-state index in [0.29, 0.717) is 6.04 Å². The van der Waals surface area contributed by atoms with E-state index in [-0.39, 0.29) is 5.91 Å². The van der Waals surface area contributed by atoms with Crippen molar-refractivity contribution in [2.45, 2.75) is 45.7 Å². The molecule has 0 unspecified atom stereocenters. The topological polar surface area (TPSA) is 34.0 Å². The largest absolute Gasteiger partial charge is 0.348 e. The van der Waals surface area contributed by atoms with E-state index in [2.05, 4.69) is 29.8 Å². The van der Waals surface area contributed by atoms with Crippen molar-refractivity contribution < 1.29 is 4.79 Å². The fourth-order valence-corrected chi connectivity index (χ4v) is 3.27. The number of hydrogen-bond donors (Lipinski definition) is 1. The van der Waals surface area contributed by atoms with Gasteiger partial charge in [-0.1, -0.05) is 6.92 Å². The predicted octanol–water partition coefficient (Wildman–Crippen LogP) is 3.31. The summed E-state index contributed by atoms with van der Waals surface area (Å²) in [5, 5.41) is 3.08. The van der Waals surface area contributed by atoms with Crippen LogP contribution in [0.25, 0.3) is 10.2 Å². The molecule has 3 rings (SSSR count). The van der Waals surface area contributed by atoms with Crippen LogP contribution in [0.3, 0.4) is 0 Å².